The molecule has 0 saturated carbocycles. The minimum Gasteiger partial charge on any atom is -0.368 e. The van der Waals surface area contributed by atoms with E-state index in [2.05, 4.69) is 56.8 Å². The van der Waals surface area contributed by atoms with Gasteiger partial charge in [0.15, 0.2) is 5.11 Å². The molecule has 0 unspecified atom stereocenters. The van der Waals surface area contributed by atoms with Gasteiger partial charge in [-0.15, -0.1) is 0 Å². The zero-order valence-electron chi connectivity index (χ0n) is 11.7. The lowest BCUT2D eigenvalue weighted by Gasteiger charge is -2.39. The number of thiocarbonyl (C=S) groups is 1. The van der Waals surface area contributed by atoms with E-state index < -0.39 is 0 Å². The standard InChI is InChI=1S/C16H18N4S/c21-16-18-12-19(15-9-5-2-6-10-15)13-20(16)11-17-14-7-3-1-4-8-14/h1-10,17H,11-13H2,(H,18,21). The normalized spacial score (nSPS) is 14.8. The Morgan fingerprint density at radius 1 is 1.00 bits per heavy atom. The van der Waals surface area contributed by atoms with Crippen LogP contribution in [0.4, 0.5) is 11.4 Å². The average molecular weight is 298 g/mol. The summed E-state index contributed by atoms with van der Waals surface area (Å²) in [4.78, 5) is 4.36. The van der Waals surface area contributed by atoms with E-state index in [1.54, 1.807) is 0 Å². The van der Waals surface area contributed by atoms with Crippen molar-refractivity contribution in [3.8, 4) is 0 Å². The van der Waals surface area contributed by atoms with E-state index >= 15 is 0 Å². The van der Waals surface area contributed by atoms with Crippen LogP contribution in [0.3, 0.4) is 0 Å². The second-order valence-corrected chi connectivity index (χ2v) is 5.28. The molecule has 2 aromatic rings. The highest BCUT2D eigenvalue weighted by molar-refractivity contribution is 7.80. The van der Waals surface area contributed by atoms with Crippen LogP contribution in [-0.4, -0.2) is 30.0 Å². The molecule has 2 aromatic carbocycles. The predicted molar refractivity (Wildman–Crippen MR) is 91.2 cm³/mol. The third-order valence-corrected chi connectivity index (χ3v) is 3.82. The molecule has 0 bridgehead atoms. The maximum Gasteiger partial charge on any atom is 0.173 e. The van der Waals surface area contributed by atoms with Gasteiger partial charge < -0.3 is 20.4 Å². The molecular weight excluding hydrogens is 280 g/mol. The molecule has 0 aliphatic carbocycles. The molecule has 1 saturated heterocycles. The lowest BCUT2D eigenvalue weighted by Crippen LogP contribution is -2.57. The molecule has 0 atom stereocenters. The van der Waals surface area contributed by atoms with Crippen LogP contribution in [0.2, 0.25) is 0 Å². The molecule has 2 N–H and O–H groups in total. The molecular formula is C16H18N4S. The van der Waals surface area contributed by atoms with Gasteiger partial charge in [0.25, 0.3) is 0 Å². The zero-order chi connectivity index (χ0) is 14.5. The minimum absolute atomic E-state index is 0.680. The first kappa shape index (κ1) is 13.7. The van der Waals surface area contributed by atoms with Crippen LogP contribution < -0.4 is 15.5 Å². The number of benzene rings is 2. The minimum atomic E-state index is 0.680. The summed E-state index contributed by atoms with van der Waals surface area (Å²) in [5.74, 6) is 0. The van der Waals surface area contributed by atoms with Gasteiger partial charge in [-0.2, -0.15) is 0 Å². The first-order chi connectivity index (χ1) is 10.3. The van der Waals surface area contributed by atoms with E-state index in [0.29, 0.717) is 6.67 Å². The molecule has 1 fully saturated rings. The molecule has 1 aliphatic rings. The van der Waals surface area contributed by atoms with Gasteiger partial charge >= 0.3 is 0 Å². The molecule has 1 aliphatic heterocycles. The van der Waals surface area contributed by atoms with Crippen LogP contribution in [0.1, 0.15) is 0 Å². The summed E-state index contributed by atoms with van der Waals surface area (Å²) in [5, 5.41) is 7.43. The highest BCUT2D eigenvalue weighted by atomic mass is 32.1. The lowest BCUT2D eigenvalue weighted by molar-refractivity contribution is 0.398. The molecule has 0 radical (unpaired) electrons. The van der Waals surface area contributed by atoms with E-state index in [4.69, 9.17) is 12.2 Å². The fraction of sp³-hybridized carbons (Fsp3) is 0.188. The number of nitrogens with zero attached hydrogens (tertiary/aromatic N) is 2. The molecule has 0 amide bonds. The maximum absolute atomic E-state index is 5.39. The number of hydrogen-bond acceptors (Lipinski definition) is 3. The first-order valence-electron chi connectivity index (χ1n) is 6.94. The Hall–Kier alpha value is -2.27. The third kappa shape index (κ3) is 3.44. The van der Waals surface area contributed by atoms with Gasteiger partial charge in [0, 0.05) is 11.4 Å². The van der Waals surface area contributed by atoms with Crippen molar-refractivity contribution < 1.29 is 0 Å². The van der Waals surface area contributed by atoms with Crippen LogP contribution in [0, 0.1) is 0 Å². The van der Waals surface area contributed by atoms with Gasteiger partial charge in [-0.05, 0) is 36.5 Å². The van der Waals surface area contributed by atoms with Gasteiger partial charge in [0.2, 0.25) is 0 Å². The Kier molecular flexibility index (Phi) is 4.21. The van der Waals surface area contributed by atoms with Gasteiger partial charge in [-0.1, -0.05) is 36.4 Å². The number of rotatable bonds is 4. The number of anilines is 2. The number of hydrogen-bond donors (Lipinski definition) is 2. The number of para-hydroxylation sites is 2. The molecule has 5 heteroatoms. The lowest BCUT2D eigenvalue weighted by atomic mass is 10.3. The van der Waals surface area contributed by atoms with E-state index in [0.717, 1.165) is 24.1 Å². The fourth-order valence-electron chi connectivity index (χ4n) is 2.27. The van der Waals surface area contributed by atoms with E-state index in [1.165, 1.54) is 5.69 Å². The summed E-state index contributed by atoms with van der Waals surface area (Å²) < 4.78 is 0. The van der Waals surface area contributed by atoms with Crippen molar-refractivity contribution in [2.45, 2.75) is 0 Å². The van der Waals surface area contributed by atoms with Gasteiger partial charge in [0.1, 0.15) is 0 Å². The molecule has 1 heterocycles. The summed E-state index contributed by atoms with van der Waals surface area (Å²) in [6.07, 6.45) is 0. The Morgan fingerprint density at radius 3 is 2.38 bits per heavy atom. The van der Waals surface area contributed by atoms with Gasteiger partial charge in [-0.3, -0.25) is 0 Å². The maximum atomic E-state index is 5.39. The number of nitrogens with one attached hydrogen (secondary N) is 2. The Bertz CT molecular complexity index is 588. The highest BCUT2D eigenvalue weighted by Gasteiger charge is 2.20. The van der Waals surface area contributed by atoms with Crippen LogP contribution in [0.25, 0.3) is 0 Å². The van der Waals surface area contributed by atoms with Gasteiger partial charge in [0.05, 0.1) is 20.0 Å². The Morgan fingerprint density at radius 2 is 1.67 bits per heavy atom. The Balaban J connectivity index is 1.63. The third-order valence-electron chi connectivity index (χ3n) is 3.42. The van der Waals surface area contributed by atoms with Crippen LogP contribution >= 0.6 is 12.2 Å². The summed E-state index contributed by atoms with van der Waals surface area (Å²) in [5.41, 5.74) is 2.29. The van der Waals surface area contributed by atoms with Crippen molar-refractivity contribution >= 4 is 28.7 Å². The summed E-state index contributed by atoms with van der Waals surface area (Å²) in [6.45, 7) is 2.19. The smallest absolute Gasteiger partial charge is 0.173 e. The molecule has 0 aromatic heterocycles. The quantitative estimate of drug-likeness (QED) is 0.848. The molecule has 108 valence electrons. The summed E-state index contributed by atoms with van der Waals surface area (Å²) in [6, 6.07) is 20.5. The molecule has 0 spiro atoms. The monoisotopic (exact) mass is 298 g/mol. The first-order valence-corrected chi connectivity index (χ1v) is 7.35. The van der Waals surface area contributed by atoms with E-state index in [9.17, 15) is 0 Å². The highest BCUT2D eigenvalue weighted by Crippen LogP contribution is 2.15. The van der Waals surface area contributed by atoms with Crippen molar-refractivity contribution in [1.29, 1.82) is 0 Å². The molecule has 3 rings (SSSR count). The largest absolute Gasteiger partial charge is 0.368 e. The van der Waals surface area contributed by atoms with Crippen molar-refractivity contribution in [1.82, 2.24) is 10.2 Å². The summed E-state index contributed by atoms with van der Waals surface area (Å²) in [7, 11) is 0. The topological polar surface area (TPSA) is 30.5 Å². The summed E-state index contributed by atoms with van der Waals surface area (Å²) >= 11 is 5.39. The Labute approximate surface area is 130 Å². The van der Waals surface area contributed by atoms with Crippen LogP contribution in [0.15, 0.2) is 60.7 Å². The van der Waals surface area contributed by atoms with Crippen molar-refractivity contribution in [3.05, 3.63) is 60.7 Å². The second-order valence-electron chi connectivity index (χ2n) is 4.90. The van der Waals surface area contributed by atoms with Crippen LogP contribution in [-0.2, 0) is 0 Å². The molecule has 4 nitrogen and oxygen atoms in total. The second kappa shape index (κ2) is 6.45. The van der Waals surface area contributed by atoms with E-state index in [-0.39, 0.29) is 0 Å². The van der Waals surface area contributed by atoms with Crippen molar-refractivity contribution in [2.24, 2.45) is 0 Å². The fourth-order valence-corrected chi connectivity index (χ4v) is 2.46. The van der Waals surface area contributed by atoms with Crippen molar-refractivity contribution in [2.75, 3.05) is 30.2 Å². The van der Waals surface area contributed by atoms with E-state index in [1.807, 2.05) is 24.3 Å². The van der Waals surface area contributed by atoms with Crippen molar-refractivity contribution in [3.63, 3.8) is 0 Å². The zero-order valence-corrected chi connectivity index (χ0v) is 12.5. The average Bonchev–Trinajstić information content (AvgIpc) is 2.56. The SMILES string of the molecule is S=C1NCN(c2ccccc2)CN1CNc1ccccc1. The molecule has 21 heavy (non-hydrogen) atoms. The van der Waals surface area contributed by atoms with Gasteiger partial charge in [-0.25, -0.2) is 0 Å². The van der Waals surface area contributed by atoms with Crippen LogP contribution in [0.5, 0.6) is 0 Å². The predicted octanol–water partition coefficient (Wildman–Crippen LogP) is 2.67.